The number of aromatic nitrogens is 2. The number of amides is 2. The lowest BCUT2D eigenvalue weighted by Gasteiger charge is -2.14. The van der Waals surface area contributed by atoms with Crippen LogP contribution in [0.4, 0.5) is 11.6 Å². The first-order valence-electron chi connectivity index (χ1n) is 11.7. The molecule has 10 nitrogen and oxygen atoms in total. The number of thioether (sulfide) groups is 1. The summed E-state index contributed by atoms with van der Waals surface area (Å²) in [5.74, 6) is 0.0917. The van der Waals surface area contributed by atoms with E-state index in [9.17, 15) is 18.0 Å². The van der Waals surface area contributed by atoms with Crippen molar-refractivity contribution in [2.45, 2.75) is 25.2 Å². The molecule has 4 rings (SSSR count). The van der Waals surface area contributed by atoms with Crippen molar-refractivity contribution in [3.8, 4) is 5.75 Å². The van der Waals surface area contributed by atoms with E-state index in [1.54, 1.807) is 45.2 Å². The summed E-state index contributed by atoms with van der Waals surface area (Å²) in [6, 6.07) is 14.7. The molecule has 2 N–H and O–H groups in total. The molecule has 2 heterocycles. The fourth-order valence-electron chi connectivity index (χ4n) is 3.65. The van der Waals surface area contributed by atoms with Crippen molar-refractivity contribution in [1.29, 1.82) is 0 Å². The fraction of sp³-hybridized carbons (Fsp3) is 0.192. The van der Waals surface area contributed by atoms with Gasteiger partial charge in [0.05, 0.1) is 16.9 Å². The van der Waals surface area contributed by atoms with Crippen LogP contribution in [0.15, 0.2) is 64.4 Å². The SMILES string of the molecule is COc1ccc(C=C2SC(=S)N(CCC(=O)Nc3ccc(S(=O)(=O)Nc4nc(C)cc(C)n4)cc3)C2=O)cc1. The molecule has 1 aliphatic rings. The topological polar surface area (TPSA) is 131 Å². The van der Waals surface area contributed by atoms with E-state index in [-0.39, 0.29) is 35.6 Å². The van der Waals surface area contributed by atoms with Crippen molar-refractivity contribution in [2.75, 3.05) is 23.7 Å². The number of sulfonamides is 1. The fourth-order valence-corrected chi connectivity index (χ4v) is 5.90. The summed E-state index contributed by atoms with van der Waals surface area (Å²) in [5.41, 5.74) is 2.51. The second kappa shape index (κ2) is 11.9. The van der Waals surface area contributed by atoms with Crippen molar-refractivity contribution in [3.63, 3.8) is 0 Å². The van der Waals surface area contributed by atoms with E-state index >= 15 is 0 Å². The average molecular weight is 584 g/mol. The normalized spacial score (nSPS) is 14.5. The number of nitrogens with one attached hydrogen (secondary N) is 2. The molecule has 3 aromatic rings. The third-order valence-corrected chi connectivity index (χ3v) is 8.23. The van der Waals surface area contributed by atoms with Gasteiger partial charge in [-0.05, 0) is 68.0 Å². The average Bonchev–Trinajstić information content (AvgIpc) is 3.14. The molecular formula is C26H25N5O5S3. The molecule has 2 aromatic carbocycles. The van der Waals surface area contributed by atoms with Crippen molar-refractivity contribution in [1.82, 2.24) is 14.9 Å². The van der Waals surface area contributed by atoms with E-state index < -0.39 is 10.0 Å². The molecule has 0 radical (unpaired) electrons. The molecule has 0 unspecified atom stereocenters. The zero-order chi connectivity index (χ0) is 28.2. The summed E-state index contributed by atoms with van der Waals surface area (Å²) >= 11 is 6.53. The highest BCUT2D eigenvalue weighted by molar-refractivity contribution is 8.26. The highest BCUT2D eigenvalue weighted by Gasteiger charge is 2.32. The zero-order valence-corrected chi connectivity index (χ0v) is 23.7. The lowest BCUT2D eigenvalue weighted by atomic mass is 10.2. The van der Waals surface area contributed by atoms with Crippen molar-refractivity contribution in [2.24, 2.45) is 0 Å². The van der Waals surface area contributed by atoms with Gasteiger partial charge in [0.2, 0.25) is 11.9 Å². The Hall–Kier alpha value is -3.81. The molecule has 0 spiro atoms. The first kappa shape index (κ1) is 28.2. The minimum absolute atomic E-state index is 0.00785. The largest absolute Gasteiger partial charge is 0.497 e. The number of carbonyl (C=O) groups is 2. The molecule has 0 bridgehead atoms. The minimum Gasteiger partial charge on any atom is -0.497 e. The summed E-state index contributed by atoms with van der Waals surface area (Å²) in [6.07, 6.45) is 1.75. The van der Waals surface area contributed by atoms with Crippen LogP contribution < -0.4 is 14.8 Å². The Bertz CT molecular complexity index is 1540. The van der Waals surface area contributed by atoms with Crippen LogP contribution in [0.5, 0.6) is 5.75 Å². The number of methoxy groups -OCH3 is 1. The molecule has 1 aromatic heterocycles. The number of ether oxygens (including phenoxy) is 1. The van der Waals surface area contributed by atoms with Crippen LogP contribution in [0.1, 0.15) is 23.4 Å². The van der Waals surface area contributed by atoms with Gasteiger partial charge >= 0.3 is 0 Å². The first-order chi connectivity index (χ1) is 18.5. The molecule has 2 amide bonds. The van der Waals surface area contributed by atoms with Crippen molar-refractivity contribution in [3.05, 3.63) is 76.5 Å². The summed E-state index contributed by atoms with van der Waals surface area (Å²) in [4.78, 5) is 35.4. The van der Waals surface area contributed by atoms with Gasteiger partial charge in [-0.15, -0.1) is 0 Å². The predicted molar refractivity (Wildman–Crippen MR) is 155 cm³/mol. The van der Waals surface area contributed by atoms with Gasteiger partial charge in [0, 0.05) is 30.0 Å². The van der Waals surface area contributed by atoms with Crippen LogP contribution in [0.2, 0.25) is 0 Å². The molecule has 1 saturated heterocycles. The Balaban J connectivity index is 1.33. The van der Waals surface area contributed by atoms with E-state index in [0.717, 1.165) is 5.56 Å². The third kappa shape index (κ3) is 7.19. The minimum atomic E-state index is -3.92. The summed E-state index contributed by atoms with van der Waals surface area (Å²) in [6.45, 7) is 3.60. The molecule has 0 aliphatic carbocycles. The molecule has 1 fully saturated rings. The number of nitrogens with zero attached hydrogens (tertiary/aromatic N) is 3. The van der Waals surface area contributed by atoms with E-state index in [0.29, 0.717) is 32.1 Å². The molecule has 202 valence electrons. The van der Waals surface area contributed by atoms with Crippen LogP contribution >= 0.6 is 24.0 Å². The van der Waals surface area contributed by atoms with Crippen LogP contribution in [0.25, 0.3) is 6.08 Å². The Morgan fingerprint density at radius 1 is 1.08 bits per heavy atom. The second-order valence-corrected chi connectivity index (χ2v) is 11.9. The first-order valence-corrected chi connectivity index (χ1v) is 14.4. The smallest absolute Gasteiger partial charge is 0.266 e. The maximum Gasteiger partial charge on any atom is 0.266 e. The summed E-state index contributed by atoms with van der Waals surface area (Å²) < 4.78 is 33.3. The number of hydrogen-bond donors (Lipinski definition) is 2. The highest BCUT2D eigenvalue weighted by Crippen LogP contribution is 2.33. The van der Waals surface area contributed by atoms with Gasteiger partial charge in [0.15, 0.2) is 0 Å². The highest BCUT2D eigenvalue weighted by atomic mass is 32.2. The van der Waals surface area contributed by atoms with Gasteiger partial charge in [0.1, 0.15) is 10.1 Å². The number of hydrogen-bond acceptors (Lipinski definition) is 9. The maximum atomic E-state index is 12.8. The van der Waals surface area contributed by atoms with Crippen LogP contribution in [0, 0.1) is 13.8 Å². The third-order valence-electron chi connectivity index (χ3n) is 5.51. The van der Waals surface area contributed by atoms with Crippen LogP contribution in [0.3, 0.4) is 0 Å². The number of aryl methyl sites for hydroxylation is 2. The second-order valence-electron chi connectivity index (χ2n) is 8.51. The number of rotatable bonds is 9. The van der Waals surface area contributed by atoms with E-state index in [1.165, 1.54) is 40.9 Å². The van der Waals surface area contributed by atoms with Crippen molar-refractivity contribution < 1.29 is 22.7 Å². The molecule has 0 saturated carbocycles. The van der Waals surface area contributed by atoms with Crippen LogP contribution in [-0.4, -0.2) is 53.1 Å². The Morgan fingerprint density at radius 2 is 1.72 bits per heavy atom. The number of anilines is 2. The van der Waals surface area contributed by atoms with Gasteiger partial charge in [0.25, 0.3) is 15.9 Å². The van der Waals surface area contributed by atoms with Gasteiger partial charge in [-0.25, -0.2) is 23.1 Å². The Morgan fingerprint density at radius 3 is 2.33 bits per heavy atom. The number of benzene rings is 2. The standard InChI is InChI=1S/C26H25N5O5S3/c1-16-14-17(2)28-25(27-16)30-39(34,35)21-10-6-19(7-11-21)29-23(32)12-13-31-24(33)22(38-26(31)37)15-18-4-8-20(36-3)9-5-18/h4-11,14-15H,12-13H2,1-3H3,(H,29,32)(H,27,28,30). The zero-order valence-electron chi connectivity index (χ0n) is 21.3. The maximum absolute atomic E-state index is 12.8. The monoisotopic (exact) mass is 583 g/mol. The lowest BCUT2D eigenvalue weighted by Crippen LogP contribution is -2.31. The quantitative estimate of drug-likeness (QED) is 0.282. The van der Waals surface area contributed by atoms with Gasteiger partial charge in [-0.2, -0.15) is 0 Å². The van der Waals surface area contributed by atoms with E-state index in [2.05, 4.69) is 20.0 Å². The predicted octanol–water partition coefficient (Wildman–Crippen LogP) is 4.13. The van der Waals surface area contributed by atoms with E-state index in [1.807, 2.05) is 12.1 Å². The molecule has 39 heavy (non-hydrogen) atoms. The Labute approximate surface area is 235 Å². The van der Waals surface area contributed by atoms with Gasteiger partial charge in [-0.1, -0.05) is 36.1 Å². The molecular weight excluding hydrogens is 559 g/mol. The number of thiocarbonyl (C=S) groups is 1. The lowest BCUT2D eigenvalue weighted by molar-refractivity contribution is -0.122. The Kier molecular flexibility index (Phi) is 8.63. The molecule has 13 heteroatoms. The van der Waals surface area contributed by atoms with E-state index in [4.69, 9.17) is 17.0 Å². The van der Waals surface area contributed by atoms with Crippen LogP contribution in [-0.2, 0) is 19.6 Å². The summed E-state index contributed by atoms with van der Waals surface area (Å²) in [5, 5.41) is 2.71. The van der Waals surface area contributed by atoms with Gasteiger partial charge < -0.3 is 10.1 Å². The number of carbonyl (C=O) groups excluding carboxylic acids is 2. The van der Waals surface area contributed by atoms with Crippen molar-refractivity contribution >= 4 is 67.8 Å². The summed E-state index contributed by atoms with van der Waals surface area (Å²) in [7, 11) is -2.34. The molecule has 1 aliphatic heterocycles. The molecule has 0 atom stereocenters. The van der Waals surface area contributed by atoms with Gasteiger partial charge in [-0.3, -0.25) is 14.5 Å².